The molecule has 1 amide bonds. The van der Waals surface area contributed by atoms with Crippen LogP contribution in [0.15, 0.2) is 30.6 Å². The highest BCUT2D eigenvalue weighted by molar-refractivity contribution is 6.04. The summed E-state index contributed by atoms with van der Waals surface area (Å²) in [5.74, 6) is 0.315. The molecule has 1 aliphatic carbocycles. The molecule has 0 unspecified atom stereocenters. The van der Waals surface area contributed by atoms with Crippen molar-refractivity contribution in [1.29, 1.82) is 0 Å². The van der Waals surface area contributed by atoms with Gasteiger partial charge in [-0.05, 0) is 23.0 Å². The number of carbonyl (C=O) groups excluding carboxylic acids is 2. The molecule has 1 fully saturated rings. The summed E-state index contributed by atoms with van der Waals surface area (Å²) in [5.41, 5.74) is 0.474. The molecule has 1 aliphatic rings. The molecule has 2 rings (SSSR count). The van der Waals surface area contributed by atoms with Crippen molar-refractivity contribution < 1.29 is 9.59 Å². The second-order valence-electron chi connectivity index (χ2n) is 7.44. The van der Waals surface area contributed by atoms with Crippen LogP contribution < -0.4 is 5.32 Å². The molecule has 1 aromatic rings. The Morgan fingerprint density at radius 3 is 2.22 bits per heavy atom. The minimum absolute atomic E-state index is 0.00996. The van der Waals surface area contributed by atoms with Crippen LogP contribution in [0.4, 0.5) is 5.82 Å². The molecule has 124 valence electrons. The second-order valence-corrected chi connectivity index (χ2v) is 7.44. The molecule has 0 atom stereocenters. The van der Waals surface area contributed by atoms with Gasteiger partial charge in [0.05, 0.1) is 0 Å². The van der Waals surface area contributed by atoms with Crippen molar-refractivity contribution in [3.05, 3.63) is 36.2 Å². The van der Waals surface area contributed by atoms with Gasteiger partial charge >= 0.3 is 0 Å². The second kappa shape index (κ2) is 5.80. The average molecular weight is 315 g/mol. The number of amides is 1. The van der Waals surface area contributed by atoms with Crippen molar-refractivity contribution in [3.8, 4) is 0 Å². The van der Waals surface area contributed by atoms with Crippen LogP contribution in [0.1, 0.15) is 38.1 Å². The van der Waals surface area contributed by atoms with Crippen molar-refractivity contribution >= 4 is 17.5 Å². The highest BCUT2D eigenvalue weighted by Crippen LogP contribution is 2.68. The fourth-order valence-electron chi connectivity index (χ4n) is 2.98. The number of nitrogens with one attached hydrogen (secondary N) is 1. The normalized spacial score (nSPS) is 18.7. The molecule has 0 bridgehead atoms. The molecule has 0 radical (unpaired) electrons. The van der Waals surface area contributed by atoms with Crippen LogP contribution in [0.2, 0.25) is 0 Å². The number of ketones is 1. The largest absolute Gasteiger partial charge is 0.383 e. The first-order chi connectivity index (χ1) is 10.6. The summed E-state index contributed by atoms with van der Waals surface area (Å²) in [6.45, 7) is 8.40. The Balaban J connectivity index is 2.01. The van der Waals surface area contributed by atoms with Crippen LogP contribution in [0, 0.1) is 16.7 Å². The first-order valence-electron chi connectivity index (χ1n) is 7.73. The van der Waals surface area contributed by atoms with Crippen LogP contribution in [-0.2, 0) is 4.79 Å². The monoisotopic (exact) mass is 315 g/mol. The zero-order valence-electron chi connectivity index (χ0n) is 14.7. The van der Waals surface area contributed by atoms with Gasteiger partial charge in [0, 0.05) is 44.0 Å². The van der Waals surface area contributed by atoms with E-state index in [-0.39, 0.29) is 28.4 Å². The predicted octanol–water partition coefficient (Wildman–Crippen LogP) is 2.96. The fraction of sp³-hybridized carbons (Fsp3) is 0.500. The van der Waals surface area contributed by atoms with E-state index in [2.05, 4.69) is 38.0 Å². The van der Waals surface area contributed by atoms with Crippen LogP contribution in [0.25, 0.3) is 0 Å². The third kappa shape index (κ3) is 3.28. The number of anilines is 1. The number of hydrogen-bond acceptors (Lipinski definition) is 4. The van der Waals surface area contributed by atoms with E-state index in [1.165, 1.54) is 12.3 Å². The van der Waals surface area contributed by atoms with Gasteiger partial charge in [-0.15, -0.1) is 0 Å². The number of hydrogen-bond donors (Lipinski definition) is 1. The van der Waals surface area contributed by atoms with Crippen LogP contribution >= 0.6 is 0 Å². The van der Waals surface area contributed by atoms with Gasteiger partial charge in [-0.1, -0.05) is 27.7 Å². The topological polar surface area (TPSA) is 62.3 Å². The number of rotatable bonds is 5. The smallest absolute Gasteiger partial charge is 0.229 e. The van der Waals surface area contributed by atoms with Crippen molar-refractivity contribution in [2.75, 3.05) is 19.4 Å². The summed E-state index contributed by atoms with van der Waals surface area (Å²) in [7, 11) is 3.70. The van der Waals surface area contributed by atoms with Gasteiger partial charge in [0.1, 0.15) is 5.82 Å². The average Bonchev–Trinajstić information content (AvgIpc) is 2.86. The highest BCUT2D eigenvalue weighted by Gasteiger charge is 2.68. The first-order valence-corrected chi connectivity index (χ1v) is 7.73. The zero-order valence-corrected chi connectivity index (χ0v) is 14.7. The Morgan fingerprint density at radius 2 is 1.78 bits per heavy atom. The summed E-state index contributed by atoms with van der Waals surface area (Å²) >= 11 is 0. The Kier molecular flexibility index (Phi) is 4.33. The summed E-state index contributed by atoms with van der Waals surface area (Å²) in [6.07, 6.45) is 4.67. The SMILES string of the molecule is CN(C)/C=C/C(=O)c1ccc(NC(=O)C2C(C)(C)C2(C)C)nc1. The Labute approximate surface area is 137 Å². The third-order valence-electron chi connectivity index (χ3n) is 5.11. The summed E-state index contributed by atoms with van der Waals surface area (Å²) in [4.78, 5) is 30.3. The standard InChI is InChI=1S/C18H25N3O2/c1-17(2)15(18(17,3)4)16(23)20-14-8-7-12(11-19-14)13(22)9-10-21(5)6/h7-11,15H,1-6H3,(H,19,20,23)/b10-9+. The van der Waals surface area contributed by atoms with Gasteiger partial charge in [-0.3, -0.25) is 9.59 Å². The van der Waals surface area contributed by atoms with E-state index < -0.39 is 0 Å². The van der Waals surface area contributed by atoms with E-state index in [0.717, 1.165) is 0 Å². The maximum absolute atomic E-state index is 12.4. The maximum atomic E-state index is 12.4. The number of pyridine rings is 1. The van der Waals surface area contributed by atoms with E-state index in [0.29, 0.717) is 11.4 Å². The number of carbonyl (C=O) groups is 2. The van der Waals surface area contributed by atoms with Gasteiger partial charge in [0.15, 0.2) is 5.78 Å². The Bertz CT molecular complexity index is 629. The van der Waals surface area contributed by atoms with Gasteiger partial charge in [-0.2, -0.15) is 0 Å². The quantitative estimate of drug-likeness (QED) is 0.670. The van der Waals surface area contributed by atoms with Crippen LogP contribution in [0.3, 0.4) is 0 Å². The summed E-state index contributed by atoms with van der Waals surface area (Å²) < 4.78 is 0. The van der Waals surface area contributed by atoms with Gasteiger partial charge in [0.2, 0.25) is 5.91 Å². The van der Waals surface area contributed by atoms with Gasteiger partial charge in [-0.25, -0.2) is 4.98 Å². The maximum Gasteiger partial charge on any atom is 0.229 e. The molecule has 0 spiro atoms. The minimum atomic E-state index is -0.117. The molecule has 23 heavy (non-hydrogen) atoms. The lowest BCUT2D eigenvalue weighted by Gasteiger charge is -2.06. The number of nitrogens with zero attached hydrogens (tertiary/aromatic N) is 2. The molecular formula is C18H25N3O2. The first kappa shape index (κ1) is 17.2. The molecule has 1 N–H and O–H groups in total. The number of aromatic nitrogens is 1. The van der Waals surface area contributed by atoms with Crippen molar-refractivity contribution in [2.45, 2.75) is 27.7 Å². The lowest BCUT2D eigenvalue weighted by molar-refractivity contribution is -0.118. The van der Waals surface area contributed by atoms with Crippen LogP contribution in [-0.4, -0.2) is 35.7 Å². The molecule has 1 saturated carbocycles. The van der Waals surface area contributed by atoms with Crippen molar-refractivity contribution in [3.63, 3.8) is 0 Å². The zero-order chi connectivity index (χ0) is 17.4. The number of allylic oxidation sites excluding steroid dienone is 1. The molecule has 0 aliphatic heterocycles. The predicted molar refractivity (Wildman–Crippen MR) is 91.1 cm³/mol. The molecule has 0 saturated heterocycles. The summed E-state index contributed by atoms with van der Waals surface area (Å²) in [5, 5.41) is 2.84. The Morgan fingerprint density at radius 1 is 1.17 bits per heavy atom. The van der Waals surface area contributed by atoms with E-state index in [1.807, 2.05) is 14.1 Å². The lowest BCUT2D eigenvalue weighted by Crippen LogP contribution is -2.18. The van der Waals surface area contributed by atoms with Crippen molar-refractivity contribution in [1.82, 2.24) is 9.88 Å². The molecular weight excluding hydrogens is 290 g/mol. The fourth-order valence-corrected chi connectivity index (χ4v) is 2.98. The third-order valence-corrected chi connectivity index (χ3v) is 5.11. The van der Waals surface area contributed by atoms with Gasteiger partial charge < -0.3 is 10.2 Å². The van der Waals surface area contributed by atoms with Crippen molar-refractivity contribution in [2.24, 2.45) is 16.7 Å². The molecule has 1 heterocycles. The highest BCUT2D eigenvalue weighted by atomic mass is 16.2. The van der Waals surface area contributed by atoms with E-state index >= 15 is 0 Å². The summed E-state index contributed by atoms with van der Waals surface area (Å²) in [6, 6.07) is 3.34. The molecule has 5 heteroatoms. The minimum Gasteiger partial charge on any atom is -0.383 e. The van der Waals surface area contributed by atoms with Gasteiger partial charge in [0.25, 0.3) is 0 Å². The van der Waals surface area contributed by atoms with E-state index in [9.17, 15) is 9.59 Å². The molecule has 1 aromatic heterocycles. The van der Waals surface area contributed by atoms with E-state index in [4.69, 9.17) is 0 Å². The Hall–Kier alpha value is -2.17. The van der Waals surface area contributed by atoms with E-state index in [1.54, 1.807) is 23.2 Å². The molecule has 0 aromatic carbocycles. The lowest BCUT2D eigenvalue weighted by atomic mass is 10.0. The van der Waals surface area contributed by atoms with Crippen LogP contribution in [0.5, 0.6) is 0 Å². The molecule has 5 nitrogen and oxygen atoms in total.